The van der Waals surface area contributed by atoms with Crippen LogP contribution in [0.15, 0.2) is 0 Å². The van der Waals surface area contributed by atoms with E-state index in [0.717, 1.165) is 32.9 Å². The molecule has 6 heteroatoms. The maximum absolute atomic E-state index is 13.3. The number of hydrogen-bond donors (Lipinski definition) is 1. The Kier molecular flexibility index (Phi) is 4.12. The third-order valence-corrected chi connectivity index (χ3v) is 5.74. The molecular formula is C17H25F2N3O. The van der Waals surface area contributed by atoms with Crippen LogP contribution in [0.2, 0.25) is 0 Å². The summed E-state index contributed by atoms with van der Waals surface area (Å²) in [5, 5.41) is 11.9. The Morgan fingerprint density at radius 2 is 1.87 bits per heavy atom. The molecule has 1 amide bonds. The van der Waals surface area contributed by atoms with Gasteiger partial charge in [0.15, 0.2) is 0 Å². The Labute approximate surface area is 136 Å². The van der Waals surface area contributed by atoms with Crippen LogP contribution < -0.4 is 5.32 Å². The number of nitrogens with zero attached hydrogens (tertiary/aromatic N) is 2. The van der Waals surface area contributed by atoms with Crippen molar-refractivity contribution in [2.75, 3.05) is 13.1 Å². The summed E-state index contributed by atoms with van der Waals surface area (Å²) in [6.45, 7) is 2.49. The van der Waals surface area contributed by atoms with Crippen LogP contribution in [0.3, 0.4) is 0 Å². The van der Waals surface area contributed by atoms with Crippen LogP contribution in [0.5, 0.6) is 0 Å². The molecule has 3 aliphatic rings. The summed E-state index contributed by atoms with van der Waals surface area (Å²) in [7, 11) is 0. The van der Waals surface area contributed by atoms with Crippen molar-refractivity contribution in [1.29, 1.82) is 5.26 Å². The largest absolute Gasteiger partial charge is 0.336 e. The van der Waals surface area contributed by atoms with Gasteiger partial charge in [-0.2, -0.15) is 5.26 Å². The molecule has 1 spiro atoms. The number of carbonyl (C=O) groups is 1. The van der Waals surface area contributed by atoms with Crippen LogP contribution in [0, 0.1) is 16.7 Å². The van der Waals surface area contributed by atoms with Gasteiger partial charge in [-0.15, -0.1) is 0 Å². The van der Waals surface area contributed by atoms with Gasteiger partial charge in [0.05, 0.1) is 12.1 Å². The summed E-state index contributed by atoms with van der Waals surface area (Å²) in [4.78, 5) is 14.7. The van der Waals surface area contributed by atoms with Crippen LogP contribution in [0.25, 0.3) is 0 Å². The molecule has 3 rings (SSSR count). The summed E-state index contributed by atoms with van der Waals surface area (Å²) in [5.74, 6) is -3.02. The number of carbonyl (C=O) groups excluding carboxylic acids is 1. The fourth-order valence-electron chi connectivity index (χ4n) is 3.57. The fourth-order valence-corrected chi connectivity index (χ4v) is 3.57. The molecule has 2 saturated carbocycles. The van der Waals surface area contributed by atoms with Gasteiger partial charge >= 0.3 is 0 Å². The zero-order valence-corrected chi connectivity index (χ0v) is 13.7. The number of amides is 1. The van der Waals surface area contributed by atoms with E-state index in [2.05, 4.69) is 16.3 Å². The highest BCUT2D eigenvalue weighted by Crippen LogP contribution is 2.53. The van der Waals surface area contributed by atoms with Gasteiger partial charge < -0.3 is 5.32 Å². The molecular weight excluding hydrogens is 300 g/mol. The average molecular weight is 325 g/mol. The van der Waals surface area contributed by atoms with Gasteiger partial charge in [0.2, 0.25) is 11.8 Å². The summed E-state index contributed by atoms with van der Waals surface area (Å²) >= 11 is 0. The molecule has 0 aromatic rings. The Morgan fingerprint density at radius 1 is 1.26 bits per heavy atom. The van der Waals surface area contributed by atoms with E-state index in [1.165, 1.54) is 12.8 Å². The second-order valence-electron chi connectivity index (χ2n) is 7.84. The molecule has 0 aromatic carbocycles. The predicted molar refractivity (Wildman–Crippen MR) is 81.8 cm³/mol. The van der Waals surface area contributed by atoms with Crippen LogP contribution in [0.4, 0.5) is 8.78 Å². The molecule has 1 aliphatic heterocycles. The van der Waals surface area contributed by atoms with Gasteiger partial charge in [0.25, 0.3) is 0 Å². The highest BCUT2D eigenvalue weighted by atomic mass is 19.3. The lowest BCUT2D eigenvalue weighted by Crippen LogP contribution is -2.53. The zero-order valence-electron chi connectivity index (χ0n) is 13.7. The molecule has 2 aliphatic carbocycles. The summed E-state index contributed by atoms with van der Waals surface area (Å²) in [5.41, 5.74) is -0.256. The number of likely N-dealkylation sites (tertiary alicyclic amines) is 1. The van der Waals surface area contributed by atoms with E-state index < -0.39 is 17.5 Å². The minimum Gasteiger partial charge on any atom is -0.336 e. The van der Waals surface area contributed by atoms with Gasteiger partial charge in [0, 0.05) is 6.42 Å². The molecule has 23 heavy (non-hydrogen) atoms. The standard InChI is InChI=1S/C17H25F2N3O/c1-15(18,19)3-2-13(14(23)21-17(12-20)6-7-17)22-10-8-16(4-5-16)9-11-22/h13H,2-11H2,1H3,(H,21,23)/t13-/m0/s1. The first-order valence-electron chi connectivity index (χ1n) is 8.62. The monoisotopic (exact) mass is 325 g/mol. The molecule has 1 N–H and O–H groups in total. The molecule has 0 aromatic heterocycles. The minimum absolute atomic E-state index is 0.143. The van der Waals surface area contributed by atoms with Crippen LogP contribution in [-0.2, 0) is 4.79 Å². The number of piperidine rings is 1. The van der Waals surface area contributed by atoms with E-state index in [1.807, 2.05) is 0 Å². The van der Waals surface area contributed by atoms with Crippen molar-refractivity contribution < 1.29 is 13.6 Å². The molecule has 4 nitrogen and oxygen atoms in total. The Hall–Kier alpha value is -1.22. The number of alkyl halides is 2. The second-order valence-corrected chi connectivity index (χ2v) is 7.84. The summed E-state index contributed by atoms with van der Waals surface area (Å²) in [6, 6.07) is 1.60. The molecule has 128 valence electrons. The van der Waals surface area contributed by atoms with Gasteiger partial charge in [-0.3, -0.25) is 9.69 Å². The predicted octanol–water partition coefficient (Wildman–Crippen LogP) is 2.84. The van der Waals surface area contributed by atoms with Crippen LogP contribution >= 0.6 is 0 Å². The smallest absolute Gasteiger partial charge is 0.245 e. The fraction of sp³-hybridized carbons (Fsp3) is 0.882. The number of nitrogens with one attached hydrogen (secondary N) is 1. The SMILES string of the molecule is CC(F)(F)CC[C@@H](C(=O)NC1(C#N)CC1)N1CCC2(CC1)CC2. The van der Waals surface area contributed by atoms with E-state index in [9.17, 15) is 13.6 Å². The Bertz CT molecular complexity index is 505. The maximum atomic E-state index is 13.3. The van der Waals surface area contributed by atoms with Crippen molar-refractivity contribution in [2.45, 2.75) is 75.8 Å². The third kappa shape index (κ3) is 4.00. The lowest BCUT2D eigenvalue weighted by molar-refractivity contribution is -0.128. The topological polar surface area (TPSA) is 56.1 Å². The van der Waals surface area contributed by atoms with Crippen molar-refractivity contribution >= 4 is 5.91 Å². The van der Waals surface area contributed by atoms with Crippen LogP contribution in [-0.4, -0.2) is 41.4 Å². The number of rotatable bonds is 6. The lowest BCUT2D eigenvalue weighted by atomic mass is 9.91. The Balaban J connectivity index is 1.63. The number of hydrogen-bond acceptors (Lipinski definition) is 3. The molecule has 0 unspecified atom stereocenters. The molecule has 3 fully saturated rings. The van der Waals surface area contributed by atoms with Gasteiger partial charge in [-0.1, -0.05) is 0 Å². The van der Waals surface area contributed by atoms with Crippen LogP contribution in [0.1, 0.15) is 58.3 Å². The third-order valence-electron chi connectivity index (χ3n) is 5.74. The molecule has 1 atom stereocenters. The van der Waals surface area contributed by atoms with Crippen molar-refractivity contribution in [3.05, 3.63) is 0 Å². The van der Waals surface area contributed by atoms with Crippen molar-refractivity contribution in [3.8, 4) is 6.07 Å². The van der Waals surface area contributed by atoms with E-state index in [0.29, 0.717) is 18.3 Å². The second kappa shape index (κ2) is 5.70. The maximum Gasteiger partial charge on any atom is 0.245 e. The molecule has 1 heterocycles. The molecule has 0 radical (unpaired) electrons. The lowest BCUT2D eigenvalue weighted by Gasteiger charge is -2.37. The number of nitriles is 1. The summed E-state index contributed by atoms with van der Waals surface area (Å²) < 4.78 is 26.5. The van der Waals surface area contributed by atoms with E-state index in [4.69, 9.17) is 5.26 Å². The van der Waals surface area contributed by atoms with Crippen molar-refractivity contribution in [2.24, 2.45) is 5.41 Å². The highest BCUT2D eigenvalue weighted by molar-refractivity contribution is 5.83. The Morgan fingerprint density at radius 3 is 2.30 bits per heavy atom. The highest BCUT2D eigenvalue weighted by Gasteiger charge is 2.48. The first-order valence-corrected chi connectivity index (χ1v) is 8.62. The first kappa shape index (κ1) is 16.6. The molecule has 1 saturated heterocycles. The van der Waals surface area contributed by atoms with E-state index >= 15 is 0 Å². The van der Waals surface area contributed by atoms with Gasteiger partial charge in [-0.05, 0) is 70.4 Å². The first-order chi connectivity index (χ1) is 10.8. The van der Waals surface area contributed by atoms with E-state index in [1.54, 1.807) is 0 Å². The van der Waals surface area contributed by atoms with E-state index in [-0.39, 0.29) is 18.7 Å². The number of halogens is 2. The molecule has 0 bridgehead atoms. The van der Waals surface area contributed by atoms with Gasteiger partial charge in [-0.25, -0.2) is 8.78 Å². The minimum atomic E-state index is -2.77. The van der Waals surface area contributed by atoms with Crippen molar-refractivity contribution in [3.63, 3.8) is 0 Å². The average Bonchev–Trinajstić information content (AvgIpc) is 3.39. The normalized spacial score (nSPS) is 26.3. The van der Waals surface area contributed by atoms with Gasteiger partial charge in [0.1, 0.15) is 5.54 Å². The summed E-state index contributed by atoms with van der Waals surface area (Å²) in [6.07, 6.45) is 5.82. The van der Waals surface area contributed by atoms with Crippen molar-refractivity contribution in [1.82, 2.24) is 10.2 Å². The quantitative estimate of drug-likeness (QED) is 0.817. The zero-order chi connectivity index (χ0) is 16.7.